The second kappa shape index (κ2) is 2.46. The van der Waals surface area contributed by atoms with Gasteiger partial charge in [0.25, 0.3) is 0 Å². The quantitative estimate of drug-likeness (QED) is 0.242. The van der Waals surface area contributed by atoms with E-state index in [1.807, 2.05) is 0 Å². The molecule has 0 saturated carbocycles. The Morgan fingerprint density at radius 3 is 3.00 bits per heavy atom. The molecule has 7 heteroatoms. The first-order valence-electron chi connectivity index (χ1n) is 3.40. The molecule has 6 nitrogen and oxygen atoms in total. The highest BCUT2D eigenvalue weighted by Crippen LogP contribution is 2.15. The lowest BCUT2D eigenvalue weighted by Gasteiger charge is -2.16. The molecule has 0 aromatic carbocycles. The molecule has 0 aliphatic carbocycles. The molecule has 0 spiro atoms. The predicted molar refractivity (Wildman–Crippen MR) is 46.8 cm³/mol. The third kappa shape index (κ3) is 1.07. The highest BCUT2D eigenvalue weighted by molar-refractivity contribution is 7.80. The summed E-state index contributed by atoms with van der Waals surface area (Å²) in [5.41, 5.74) is 5.74. The summed E-state index contributed by atoms with van der Waals surface area (Å²) in [4.78, 5) is 3.70. The summed E-state index contributed by atoms with van der Waals surface area (Å²) in [6.07, 6.45) is -0.925. The number of rotatable bonds is 0. The number of nitrogens with zero attached hydrogens (tertiary/aromatic N) is 1. The Morgan fingerprint density at radius 1 is 1.50 bits per heavy atom. The van der Waals surface area contributed by atoms with Crippen LogP contribution in [0.25, 0.3) is 0 Å². The number of aliphatic imine (C=N–C) groups is 1. The van der Waals surface area contributed by atoms with Crippen molar-refractivity contribution in [3.05, 3.63) is 11.5 Å². The molecule has 2 rings (SSSR count). The van der Waals surface area contributed by atoms with Crippen molar-refractivity contribution < 1.29 is 5.11 Å². The van der Waals surface area contributed by atoms with Crippen LogP contribution in [0.1, 0.15) is 0 Å². The van der Waals surface area contributed by atoms with E-state index in [2.05, 4.69) is 33.6 Å². The Morgan fingerprint density at radius 2 is 2.25 bits per heavy atom. The number of hydrogen-bond acceptors (Lipinski definition) is 7. The molecule has 2 unspecified atom stereocenters. The highest BCUT2D eigenvalue weighted by Gasteiger charge is 2.28. The molecular formula is C5H9N5OS. The van der Waals surface area contributed by atoms with Crippen LogP contribution in [0.5, 0.6) is 0 Å². The van der Waals surface area contributed by atoms with Crippen LogP contribution in [0.3, 0.4) is 0 Å². The van der Waals surface area contributed by atoms with Crippen LogP contribution in [0.2, 0.25) is 0 Å². The number of aliphatic hydroxyl groups is 1. The van der Waals surface area contributed by atoms with Crippen LogP contribution in [0, 0.1) is 0 Å². The minimum atomic E-state index is -0.925. The average molecular weight is 187 g/mol. The molecule has 2 atom stereocenters. The van der Waals surface area contributed by atoms with Gasteiger partial charge in [0.15, 0.2) is 12.2 Å². The second-order valence-electron chi connectivity index (χ2n) is 2.49. The van der Waals surface area contributed by atoms with Crippen molar-refractivity contribution >= 4 is 18.6 Å². The monoisotopic (exact) mass is 187 g/mol. The van der Waals surface area contributed by atoms with Crippen LogP contribution in [0.4, 0.5) is 0 Å². The van der Waals surface area contributed by atoms with Crippen LogP contribution in [-0.2, 0) is 0 Å². The maximum absolute atomic E-state index is 9.37. The van der Waals surface area contributed by atoms with Gasteiger partial charge in [-0.15, -0.1) is 12.6 Å². The lowest BCUT2D eigenvalue weighted by Crippen LogP contribution is -2.40. The minimum Gasteiger partial charge on any atom is -0.370 e. The first-order chi connectivity index (χ1) is 5.66. The van der Waals surface area contributed by atoms with Crippen molar-refractivity contribution in [2.75, 3.05) is 0 Å². The van der Waals surface area contributed by atoms with Crippen LogP contribution < -0.4 is 21.7 Å². The van der Waals surface area contributed by atoms with Crippen LogP contribution >= 0.6 is 12.6 Å². The van der Waals surface area contributed by atoms with Gasteiger partial charge >= 0.3 is 0 Å². The Bertz CT molecular complexity index is 275. The first-order valence-corrected chi connectivity index (χ1v) is 3.92. The zero-order valence-corrected chi connectivity index (χ0v) is 6.97. The van der Waals surface area contributed by atoms with E-state index in [-0.39, 0.29) is 11.5 Å². The summed E-state index contributed by atoms with van der Waals surface area (Å²) < 4.78 is 0. The van der Waals surface area contributed by atoms with Gasteiger partial charge < -0.3 is 26.8 Å². The fourth-order valence-corrected chi connectivity index (χ4v) is 1.40. The Balaban J connectivity index is 2.23. The van der Waals surface area contributed by atoms with Crippen molar-refractivity contribution in [3.8, 4) is 0 Å². The van der Waals surface area contributed by atoms with E-state index >= 15 is 0 Å². The lowest BCUT2D eigenvalue weighted by molar-refractivity contribution is 0.210. The fraction of sp³-hybridized carbons (Fsp3) is 0.400. The number of nitrogens with two attached hydrogens (primary N) is 1. The standard InChI is InChI=1S/C5H9N5OS/c6-4-8-2-1(3(11)10-4)7-5(12)9-2/h3,5,7,9,11-12H,(H3,6,8,10). The summed E-state index contributed by atoms with van der Waals surface area (Å²) in [5, 5.41) is 17.9. The smallest absolute Gasteiger partial charge is 0.197 e. The molecule has 0 amide bonds. The molecule has 2 aliphatic rings. The Labute approximate surface area is 74.3 Å². The van der Waals surface area contributed by atoms with Gasteiger partial charge in [0.2, 0.25) is 0 Å². The van der Waals surface area contributed by atoms with E-state index in [4.69, 9.17) is 5.73 Å². The zero-order valence-electron chi connectivity index (χ0n) is 6.07. The number of thiol groups is 1. The van der Waals surface area contributed by atoms with E-state index in [1.165, 1.54) is 0 Å². The summed E-state index contributed by atoms with van der Waals surface area (Å²) >= 11 is 4.11. The average Bonchev–Trinajstić information content (AvgIpc) is 2.29. The van der Waals surface area contributed by atoms with E-state index in [0.29, 0.717) is 11.5 Å². The van der Waals surface area contributed by atoms with E-state index < -0.39 is 6.23 Å². The summed E-state index contributed by atoms with van der Waals surface area (Å²) in [6.45, 7) is 0. The number of aliphatic hydroxyl groups excluding tert-OH is 1. The van der Waals surface area contributed by atoms with Gasteiger partial charge in [-0.1, -0.05) is 0 Å². The van der Waals surface area contributed by atoms with Crippen LogP contribution in [0.15, 0.2) is 16.5 Å². The number of hydrogen-bond donors (Lipinski definition) is 6. The molecule has 0 bridgehead atoms. The molecule has 6 N–H and O–H groups in total. The molecule has 2 heterocycles. The third-order valence-corrected chi connectivity index (χ3v) is 1.87. The van der Waals surface area contributed by atoms with Gasteiger partial charge in [0.05, 0.1) is 0 Å². The number of nitrogens with one attached hydrogen (secondary N) is 3. The molecule has 2 aliphatic heterocycles. The van der Waals surface area contributed by atoms with Crippen molar-refractivity contribution in [1.82, 2.24) is 16.0 Å². The van der Waals surface area contributed by atoms with Crippen molar-refractivity contribution in [1.29, 1.82) is 0 Å². The van der Waals surface area contributed by atoms with Crippen LogP contribution in [-0.4, -0.2) is 22.8 Å². The summed E-state index contributed by atoms with van der Waals surface area (Å²) in [7, 11) is 0. The van der Waals surface area contributed by atoms with Gasteiger partial charge in [-0.2, -0.15) is 0 Å². The van der Waals surface area contributed by atoms with Gasteiger partial charge in [-0.3, -0.25) is 0 Å². The van der Waals surface area contributed by atoms with Crippen molar-refractivity contribution in [3.63, 3.8) is 0 Å². The van der Waals surface area contributed by atoms with E-state index in [0.717, 1.165) is 0 Å². The Kier molecular flexibility index (Phi) is 1.55. The number of guanidine groups is 1. The highest BCUT2D eigenvalue weighted by atomic mass is 32.1. The Hall–Kier alpha value is -1.08. The maximum Gasteiger partial charge on any atom is 0.197 e. The van der Waals surface area contributed by atoms with Crippen molar-refractivity contribution in [2.45, 2.75) is 11.7 Å². The fourth-order valence-electron chi connectivity index (χ4n) is 1.13. The molecule has 0 radical (unpaired) electrons. The molecule has 0 aromatic heterocycles. The molecule has 66 valence electrons. The minimum absolute atomic E-state index is 0.193. The second-order valence-corrected chi connectivity index (χ2v) is 3.01. The first kappa shape index (κ1) is 7.56. The maximum atomic E-state index is 9.37. The molecule has 0 saturated heterocycles. The summed E-state index contributed by atoms with van der Waals surface area (Å²) in [5.74, 6) is 0.827. The topological polar surface area (TPSA) is 94.7 Å². The SMILES string of the molecule is NC1=NC(O)C2=C(N1)NC(S)N2. The van der Waals surface area contributed by atoms with E-state index in [1.54, 1.807) is 0 Å². The van der Waals surface area contributed by atoms with Gasteiger partial charge in [0, 0.05) is 0 Å². The van der Waals surface area contributed by atoms with Gasteiger partial charge in [-0.05, 0) is 0 Å². The molecule has 0 fully saturated rings. The van der Waals surface area contributed by atoms with Gasteiger partial charge in [0.1, 0.15) is 17.0 Å². The normalized spacial score (nSPS) is 33.0. The predicted octanol–water partition coefficient (Wildman–Crippen LogP) is -2.20. The van der Waals surface area contributed by atoms with E-state index in [9.17, 15) is 5.11 Å². The third-order valence-electron chi connectivity index (χ3n) is 1.62. The summed E-state index contributed by atoms with van der Waals surface area (Å²) in [6, 6.07) is 0. The molecule has 0 aromatic rings. The molecular weight excluding hydrogens is 178 g/mol. The largest absolute Gasteiger partial charge is 0.370 e. The zero-order chi connectivity index (χ0) is 8.72. The lowest BCUT2D eigenvalue weighted by atomic mass is 10.3. The van der Waals surface area contributed by atoms with Gasteiger partial charge in [-0.25, -0.2) is 4.99 Å². The van der Waals surface area contributed by atoms with Crippen molar-refractivity contribution in [2.24, 2.45) is 10.7 Å². The molecule has 12 heavy (non-hydrogen) atoms.